The molecule has 0 saturated carbocycles. The Morgan fingerprint density at radius 3 is 2.67 bits per heavy atom. The quantitative estimate of drug-likeness (QED) is 0.404. The largest absolute Gasteiger partial charge is 0.323 e. The maximum atomic E-state index is 4.74. The first kappa shape index (κ1) is 20.7. The molecule has 0 aliphatic carbocycles. The molecule has 0 aliphatic heterocycles. The normalized spacial score (nSPS) is 11.3. The molecule has 33 heavy (non-hydrogen) atoms. The molecule has 8 nitrogen and oxygen atoms in total. The summed E-state index contributed by atoms with van der Waals surface area (Å²) in [5.41, 5.74) is 6.64. The SMILES string of the molecule is Cc1cccc(Cn2cc(-c3cnc4ccc(Nc5cc(C(C)C)cnn5)nc4c3)cn2)n1. The van der Waals surface area contributed by atoms with Crippen LogP contribution < -0.4 is 5.32 Å². The van der Waals surface area contributed by atoms with Crippen molar-refractivity contribution in [3.05, 3.63) is 84.2 Å². The predicted molar refractivity (Wildman–Crippen MR) is 128 cm³/mol. The second-order valence-corrected chi connectivity index (χ2v) is 8.31. The summed E-state index contributed by atoms with van der Waals surface area (Å²) in [6.45, 7) is 6.86. The summed E-state index contributed by atoms with van der Waals surface area (Å²) in [6, 6.07) is 13.9. The van der Waals surface area contributed by atoms with Gasteiger partial charge < -0.3 is 5.32 Å². The second kappa shape index (κ2) is 8.74. The van der Waals surface area contributed by atoms with Gasteiger partial charge in [0.1, 0.15) is 5.82 Å². The van der Waals surface area contributed by atoms with Gasteiger partial charge in [0.25, 0.3) is 0 Å². The van der Waals surface area contributed by atoms with Gasteiger partial charge in [-0.15, -0.1) is 5.10 Å². The molecule has 0 radical (unpaired) electrons. The summed E-state index contributed by atoms with van der Waals surface area (Å²) in [6.07, 6.45) is 7.48. The van der Waals surface area contributed by atoms with Gasteiger partial charge in [0.15, 0.2) is 5.82 Å². The van der Waals surface area contributed by atoms with Gasteiger partial charge in [-0.1, -0.05) is 19.9 Å². The van der Waals surface area contributed by atoms with Crippen LogP contribution in [0.15, 0.2) is 67.3 Å². The topological polar surface area (TPSA) is 94.3 Å². The molecular formula is C25H24N8. The fraction of sp³-hybridized carbons (Fsp3) is 0.200. The average molecular weight is 437 g/mol. The molecule has 5 aromatic heterocycles. The van der Waals surface area contributed by atoms with E-state index in [1.807, 2.05) is 72.7 Å². The molecule has 0 bridgehead atoms. The fourth-order valence-corrected chi connectivity index (χ4v) is 3.58. The van der Waals surface area contributed by atoms with Crippen LogP contribution in [0.5, 0.6) is 0 Å². The van der Waals surface area contributed by atoms with Crippen molar-refractivity contribution in [2.24, 2.45) is 0 Å². The summed E-state index contributed by atoms with van der Waals surface area (Å²) >= 11 is 0. The number of hydrogen-bond donors (Lipinski definition) is 1. The Morgan fingerprint density at radius 1 is 0.909 bits per heavy atom. The lowest BCUT2D eigenvalue weighted by atomic mass is 10.1. The van der Waals surface area contributed by atoms with Crippen LogP contribution in [0.2, 0.25) is 0 Å². The van der Waals surface area contributed by atoms with Gasteiger partial charge in [-0.05, 0) is 54.8 Å². The maximum Gasteiger partial charge on any atom is 0.154 e. The van der Waals surface area contributed by atoms with Crippen molar-refractivity contribution >= 4 is 22.7 Å². The molecule has 5 rings (SSSR count). The summed E-state index contributed by atoms with van der Waals surface area (Å²) in [7, 11) is 0. The smallest absolute Gasteiger partial charge is 0.154 e. The van der Waals surface area contributed by atoms with Crippen LogP contribution in [0.3, 0.4) is 0 Å². The third-order valence-corrected chi connectivity index (χ3v) is 5.37. The van der Waals surface area contributed by atoms with Crippen molar-refractivity contribution < 1.29 is 0 Å². The van der Waals surface area contributed by atoms with Gasteiger partial charge in [-0.2, -0.15) is 10.2 Å². The van der Waals surface area contributed by atoms with Crippen LogP contribution in [-0.4, -0.2) is 34.9 Å². The standard InChI is InChI=1S/C25H24N8/c1-16(2)18-10-25(32-27-12-18)31-24-8-7-22-23(30-24)9-19(11-26-22)20-13-28-33(14-20)15-21-6-4-5-17(3)29-21/h4-14,16H,15H2,1-3H3,(H,30,31,32). The molecule has 0 unspecified atom stereocenters. The van der Waals surface area contributed by atoms with Crippen LogP contribution in [0.4, 0.5) is 11.6 Å². The van der Waals surface area contributed by atoms with E-state index in [9.17, 15) is 0 Å². The minimum absolute atomic E-state index is 0.375. The minimum Gasteiger partial charge on any atom is -0.323 e. The molecule has 0 amide bonds. The molecule has 0 atom stereocenters. The minimum atomic E-state index is 0.375. The van der Waals surface area contributed by atoms with E-state index >= 15 is 0 Å². The lowest BCUT2D eigenvalue weighted by molar-refractivity contribution is 0.671. The number of rotatable bonds is 6. The highest BCUT2D eigenvalue weighted by Gasteiger charge is 2.08. The van der Waals surface area contributed by atoms with Crippen LogP contribution in [0, 0.1) is 6.92 Å². The highest BCUT2D eigenvalue weighted by molar-refractivity contribution is 5.81. The molecule has 0 fully saturated rings. The van der Waals surface area contributed by atoms with Gasteiger partial charge in [0, 0.05) is 29.2 Å². The van der Waals surface area contributed by atoms with E-state index < -0.39 is 0 Å². The monoisotopic (exact) mass is 436 g/mol. The first-order valence-electron chi connectivity index (χ1n) is 10.9. The Morgan fingerprint density at radius 2 is 1.82 bits per heavy atom. The highest BCUT2D eigenvalue weighted by Crippen LogP contribution is 2.24. The molecular weight excluding hydrogens is 412 g/mol. The molecule has 0 aliphatic rings. The van der Waals surface area contributed by atoms with E-state index in [2.05, 4.69) is 44.4 Å². The van der Waals surface area contributed by atoms with Crippen LogP contribution in [0.1, 0.15) is 36.7 Å². The Bertz CT molecular complexity index is 1420. The highest BCUT2D eigenvalue weighted by atomic mass is 15.3. The first-order valence-corrected chi connectivity index (χ1v) is 10.9. The van der Waals surface area contributed by atoms with E-state index in [0.29, 0.717) is 24.1 Å². The van der Waals surface area contributed by atoms with E-state index in [1.54, 1.807) is 6.20 Å². The van der Waals surface area contributed by atoms with Crippen molar-refractivity contribution in [3.63, 3.8) is 0 Å². The molecule has 5 aromatic rings. The zero-order valence-electron chi connectivity index (χ0n) is 18.8. The predicted octanol–water partition coefficient (Wildman–Crippen LogP) is 4.90. The molecule has 0 saturated heterocycles. The molecule has 164 valence electrons. The van der Waals surface area contributed by atoms with Crippen molar-refractivity contribution in [3.8, 4) is 11.1 Å². The van der Waals surface area contributed by atoms with Gasteiger partial charge >= 0.3 is 0 Å². The van der Waals surface area contributed by atoms with E-state index in [1.165, 1.54) is 0 Å². The number of nitrogens with zero attached hydrogens (tertiary/aromatic N) is 7. The zero-order valence-corrected chi connectivity index (χ0v) is 18.8. The van der Waals surface area contributed by atoms with Gasteiger partial charge in [0.2, 0.25) is 0 Å². The van der Waals surface area contributed by atoms with Crippen molar-refractivity contribution in [1.82, 2.24) is 34.9 Å². The maximum absolute atomic E-state index is 4.74. The summed E-state index contributed by atoms with van der Waals surface area (Å²) in [5.74, 6) is 1.74. The zero-order chi connectivity index (χ0) is 22.8. The summed E-state index contributed by atoms with van der Waals surface area (Å²) in [5, 5.41) is 16.0. The Labute approximate surface area is 191 Å². The molecule has 1 N–H and O–H groups in total. The lowest BCUT2D eigenvalue weighted by Crippen LogP contribution is -2.02. The van der Waals surface area contributed by atoms with Gasteiger partial charge in [-0.25, -0.2) is 4.98 Å². The van der Waals surface area contributed by atoms with E-state index in [4.69, 9.17) is 4.98 Å². The van der Waals surface area contributed by atoms with Crippen molar-refractivity contribution in [2.75, 3.05) is 5.32 Å². The number of aromatic nitrogens is 7. The Kier molecular flexibility index (Phi) is 5.48. The molecule has 5 heterocycles. The Hall–Kier alpha value is -4.20. The number of fused-ring (bicyclic) bond motifs is 1. The molecule has 0 spiro atoms. The third kappa shape index (κ3) is 4.69. The lowest BCUT2D eigenvalue weighted by Gasteiger charge is -2.09. The third-order valence-electron chi connectivity index (χ3n) is 5.37. The van der Waals surface area contributed by atoms with Crippen LogP contribution in [0.25, 0.3) is 22.2 Å². The number of anilines is 2. The molecule has 0 aromatic carbocycles. The Balaban J connectivity index is 1.39. The summed E-state index contributed by atoms with van der Waals surface area (Å²) in [4.78, 5) is 13.9. The van der Waals surface area contributed by atoms with Crippen molar-refractivity contribution in [2.45, 2.75) is 33.2 Å². The van der Waals surface area contributed by atoms with Crippen LogP contribution in [-0.2, 0) is 6.54 Å². The number of hydrogen-bond acceptors (Lipinski definition) is 7. The first-order chi connectivity index (χ1) is 16.0. The number of aryl methyl sites for hydroxylation is 1. The fourth-order valence-electron chi connectivity index (χ4n) is 3.58. The van der Waals surface area contributed by atoms with Gasteiger partial charge in [-0.3, -0.25) is 14.6 Å². The second-order valence-electron chi connectivity index (χ2n) is 8.31. The number of pyridine rings is 3. The average Bonchev–Trinajstić information content (AvgIpc) is 3.27. The van der Waals surface area contributed by atoms with Crippen molar-refractivity contribution in [1.29, 1.82) is 0 Å². The summed E-state index contributed by atoms with van der Waals surface area (Å²) < 4.78 is 1.88. The van der Waals surface area contributed by atoms with Gasteiger partial charge in [0.05, 0.1) is 35.7 Å². The number of nitrogens with one attached hydrogen (secondary N) is 1. The molecule has 8 heteroatoms. The van der Waals surface area contributed by atoms with E-state index in [-0.39, 0.29) is 0 Å². The van der Waals surface area contributed by atoms with Crippen LogP contribution >= 0.6 is 0 Å². The van der Waals surface area contributed by atoms with E-state index in [0.717, 1.165) is 39.1 Å².